The lowest BCUT2D eigenvalue weighted by atomic mass is 10.1. The van der Waals surface area contributed by atoms with Crippen LogP contribution in [0.2, 0.25) is 0 Å². The minimum absolute atomic E-state index is 0.0502. The normalized spacial score (nSPS) is 13.9. The molecule has 13 nitrogen and oxygen atoms in total. The Hall–Kier alpha value is -5.11. The summed E-state index contributed by atoms with van der Waals surface area (Å²) in [7, 11) is -3.84. The Morgan fingerprint density at radius 1 is 0.694 bits per heavy atom. The molecule has 4 aromatic carbocycles. The SMILES string of the molecule is O=[N+]([O-])c1ccc(N=Nc2cc(N=Nc3ccc([N+](=O)[O-])cc3)c3cccc4c3c2NS4(=O)=O)cc1. The first kappa shape index (κ1) is 22.7. The predicted octanol–water partition coefficient (Wildman–Crippen LogP) is 6.60. The van der Waals surface area contributed by atoms with Gasteiger partial charge in [-0.25, -0.2) is 8.42 Å². The Balaban J connectivity index is 1.60. The molecule has 0 aromatic heterocycles. The zero-order chi connectivity index (χ0) is 25.4. The number of rotatable bonds is 6. The van der Waals surface area contributed by atoms with Gasteiger partial charge < -0.3 is 0 Å². The van der Waals surface area contributed by atoms with Crippen LogP contribution in [0.4, 0.5) is 39.8 Å². The van der Waals surface area contributed by atoms with E-state index >= 15 is 0 Å². The number of benzene rings is 4. The number of azo groups is 2. The van der Waals surface area contributed by atoms with Gasteiger partial charge in [0, 0.05) is 35.0 Å². The van der Waals surface area contributed by atoms with Crippen LogP contribution in [-0.2, 0) is 10.0 Å². The highest BCUT2D eigenvalue weighted by molar-refractivity contribution is 7.93. The lowest BCUT2D eigenvalue weighted by molar-refractivity contribution is -0.385. The summed E-state index contributed by atoms with van der Waals surface area (Å²) < 4.78 is 27.9. The minimum atomic E-state index is -3.84. The van der Waals surface area contributed by atoms with E-state index in [2.05, 4.69) is 25.2 Å². The van der Waals surface area contributed by atoms with Gasteiger partial charge in [0.1, 0.15) is 5.69 Å². The van der Waals surface area contributed by atoms with E-state index in [1.54, 1.807) is 12.1 Å². The third-order valence-corrected chi connectivity index (χ3v) is 6.67. The Bertz CT molecular complexity index is 1720. The Kier molecular flexibility index (Phi) is 5.41. The van der Waals surface area contributed by atoms with Crippen molar-refractivity contribution in [3.63, 3.8) is 0 Å². The Morgan fingerprint density at radius 2 is 1.22 bits per heavy atom. The molecule has 5 rings (SSSR count). The van der Waals surface area contributed by atoms with Gasteiger partial charge in [0.15, 0.2) is 0 Å². The van der Waals surface area contributed by atoms with Crippen LogP contribution in [0.25, 0.3) is 10.8 Å². The molecule has 14 heteroatoms. The molecule has 0 unspecified atom stereocenters. The van der Waals surface area contributed by atoms with E-state index in [0.717, 1.165) is 0 Å². The van der Waals surface area contributed by atoms with Gasteiger partial charge in [-0.3, -0.25) is 25.0 Å². The maximum Gasteiger partial charge on any atom is 0.269 e. The van der Waals surface area contributed by atoms with Crippen molar-refractivity contribution in [3.8, 4) is 0 Å². The summed E-state index contributed by atoms with van der Waals surface area (Å²) in [5, 5.41) is 39.2. The van der Waals surface area contributed by atoms with Crippen molar-refractivity contribution in [3.05, 3.63) is 93.0 Å². The molecule has 0 fully saturated rings. The van der Waals surface area contributed by atoms with E-state index in [-0.39, 0.29) is 27.6 Å². The summed E-state index contributed by atoms with van der Waals surface area (Å²) >= 11 is 0. The number of nitrogens with zero attached hydrogens (tertiary/aromatic N) is 6. The second-order valence-corrected chi connectivity index (χ2v) is 9.17. The van der Waals surface area contributed by atoms with Crippen molar-refractivity contribution in [2.24, 2.45) is 20.5 Å². The lowest BCUT2D eigenvalue weighted by Crippen LogP contribution is -2.06. The maximum atomic E-state index is 12.7. The highest BCUT2D eigenvalue weighted by atomic mass is 32.2. The molecule has 178 valence electrons. The van der Waals surface area contributed by atoms with E-state index in [1.807, 2.05) is 0 Å². The van der Waals surface area contributed by atoms with Crippen molar-refractivity contribution in [2.75, 3.05) is 4.72 Å². The average Bonchev–Trinajstić information content (AvgIpc) is 3.15. The van der Waals surface area contributed by atoms with Gasteiger partial charge in [0.2, 0.25) is 0 Å². The van der Waals surface area contributed by atoms with Crippen LogP contribution >= 0.6 is 0 Å². The fraction of sp³-hybridized carbons (Fsp3) is 0. The molecule has 0 radical (unpaired) electrons. The first-order valence-corrected chi connectivity index (χ1v) is 11.7. The summed E-state index contributed by atoms with van der Waals surface area (Å²) in [4.78, 5) is 20.7. The van der Waals surface area contributed by atoms with E-state index in [9.17, 15) is 28.6 Å². The number of nitrogens with one attached hydrogen (secondary N) is 1. The van der Waals surface area contributed by atoms with Crippen LogP contribution in [0.1, 0.15) is 0 Å². The summed E-state index contributed by atoms with van der Waals surface area (Å²) in [6.45, 7) is 0. The quantitative estimate of drug-likeness (QED) is 0.175. The van der Waals surface area contributed by atoms with E-state index in [4.69, 9.17) is 0 Å². The molecule has 36 heavy (non-hydrogen) atoms. The smallest absolute Gasteiger partial charge is 0.269 e. The number of hydrogen-bond donors (Lipinski definition) is 1. The van der Waals surface area contributed by atoms with Crippen molar-refractivity contribution in [1.82, 2.24) is 0 Å². The van der Waals surface area contributed by atoms with Crippen LogP contribution in [0.5, 0.6) is 0 Å². The molecule has 1 aliphatic rings. The molecule has 1 N–H and O–H groups in total. The fourth-order valence-electron chi connectivity index (χ4n) is 3.59. The minimum Gasteiger partial charge on any atom is -0.277 e. The first-order valence-electron chi connectivity index (χ1n) is 10.2. The first-order chi connectivity index (χ1) is 17.2. The fourth-order valence-corrected chi connectivity index (χ4v) is 4.92. The lowest BCUT2D eigenvalue weighted by Gasteiger charge is -2.06. The number of nitro benzene ring substituents is 2. The van der Waals surface area contributed by atoms with Crippen molar-refractivity contribution in [1.29, 1.82) is 0 Å². The third kappa shape index (κ3) is 4.12. The molecule has 0 aliphatic carbocycles. The van der Waals surface area contributed by atoms with Crippen molar-refractivity contribution >= 4 is 60.6 Å². The third-order valence-electron chi connectivity index (χ3n) is 5.28. The number of anilines is 1. The van der Waals surface area contributed by atoms with Gasteiger partial charge in [-0.05, 0) is 36.4 Å². The molecule has 1 heterocycles. The summed E-state index contributed by atoms with van der Waals surface area (Å²) in [5.74, 6) is 0. The van der Waals surface area contributed by atoms with Crippen LogP contribution in [0.15, 0.2) is 98.1 Å². The monoisotopic (exact) mass is 503 g/mol. The number of sulfonamides is 1. The van der Waals surface area contributed by atoms with Gasteiger partial charge in [-0.2, -0.15) is 10.2 Å². The molecule has 0 bridgehead atoms. The molecule has 1 aliphatic heterocycles. The van der Waals surface area contributed by atoms with Gasteiger partial charge in [-0.15, -0.1) is 10.2 Å². The zero-order valence-electron chi connectivity index (χ0n) is 18.0. The highest BCUT2D eigenvalue weighted by Gasteiger charge is 2.30. The van der Waals surface area contributed by atoms with Gasteiger partial charge in [0.25, 0.3) is 21.4 Å². The van der Waals surface area contributed by atoms with Gasteiger partial charge in [-0.1, -0.05) is 12.1 Å². The highest BCUT2D eigenvalue weighted by Crippen LogP contribution is 2.48. The standard InChI is InChI=1S/C22H13N7O6S/c30-28(31)15-8-4-13(5-9-15)23-25-18-12-19(26-24-14-6-10-16(11-7-14)29(32)33)22-21-17(18)2-1-3-20(21)36(34,35)27-22/h1-12,27H. The predicted molar refractivity (Wildman–Crippen MR) is 129 cm³/mol. The zero-order valence-corrected chi connectivity index (χ0v) is 18.8. The van der Waals surface area contributed by atoms with Gasteiger partial charge in [0.05, 0.1) is 37.5 Å². The molecule has 0 amide bonds. The van der Waals surface area contributed by atoms with Crippen molar-refractivity contribution < 1.29 is 18.3 Å². The van der Waals surface area contributed by atoms with Crippen LogP contribution in [0, 0.1) is 20.2 Å². The molecular weight excluding hydrogens is 490 g/mol. The van der Waals surface area contributed by atoms with Crippen LogP contribution in [-0.4, -0.2) is 18.3 Å². The summed E-state index contributed by atoms with van der Waals surface area (Å²) in [6.07, 6.45) is 0. The summed E-state index contributed by atoms with van der Waals surface area (Å²) in [5.41, 5.74) is 1.15. The topological polar surface area (TPSA) is 182 Å². The van der Waals surface area contributed by atoms with Crippen LogP contribution < -0.4 is 4.72 Å². The number of hydrogen-bond acceptors (Lipinski definition) is 10. The Morgan fingerprint density at radius 3 is 1.75 bits per heavy atom. The largest absolute Gasteiger partial charge is 0.277 e. The molecule has 0 saturated carbocycles. The summed E-state index contributed by atoms with van der Waals surface area (Å²) in [6, 6.07) is 17.0. The molecule has 4 aromatic rings. The van der Waals surface area contributed by atoms with E-state index in [0.29, 0.717) is 27.8 Å². The second-order valence-electron chi connectivity index (χ2n) is 7.52. The number of nitro groups is 2. The molecular formula is C22H13N7O6S. The van der Waals surface area contributed by atoms with Gasteiger partial charge >= 0.3 is 0 Å². The molecule has 0 spiro atoms. The number of non-ortho nitro benzene ring substituents is 2. The molecule has 0 saturated heterocycles. The van der Waals surface area contributed by atoms with Crippen molar-refractivity contribution in [2.45, 2.75) is 4.90 Å². The van der Waals surface area contributed by atoms with Crippen LogP contribution in [0.3, 0.4) is 0 Å². The van der Waals surface area contributed by atoms with E-state index in [1.165, 1.54) is 60.7 Å². The van der Waals surface area contributed by atoms with E-state index < -0.39 is 19.9 Å². The average molecular weight is 503 g/mol. The second kappa shape index (κ2) is 8.59. The Labute approximate surface area is 202 Å². The maximum absolute atomic E-state index is 12.7. The molecule has 0 atom stereocenters.